The number of carbonyl (C=O) groups excluding carboxylic acids is 1. The van der Waals surface area contributed by atoms with Crippen molar-refractivity contribution in [1.82, 2.24) is 10.3 Å². The van der Waals surface area contributed by atoms with Crippen LogP contribution in [0.1, 0.15) is 51.4 Å². The molecule has 1 amide bonds. The highest BCUT2D eigenvalue weighted by molar-refractivity contribution is 6.03. The van der Waals surface area contributed by atoms with Crippen LogP contribution in [-0.4, -0.2) is 35.6 Å². The maximum atomic E-state index is 14.0. The molecule has 1 aliphatic heterocycles. The Morgan fingerprint density at radius 1 is 1.13 bits per heavy atom. The van der Waals surface area contributed by atoms with Crippen LogP contribution in [0.4, 0.5) is 14.5 Å². The van der Waals surface area contributed by atoms with Crippen LogP contribution in [0.3, 0.4) is 0 Å². The second-order valence-corrected chi connectivity index (χ2v) is 9.55. The molecule has 0 radical (unpaired) electrons. The minimum Gasteiger partial charge on any atom is -0.368 e. The van der Waals surface area contributed by atoms with Gasteiger partial charge in [0.15, 0.2) is 0 Å². The number of benzene rings is 1. The number of amides is 1. The van der Waals surface area contributed by atoms with Crippen molar-refractivity contribution in [1.29, 1.82) is 0 Å². The van der Waals surface area contributed by atoms with E-state index >= 15 is 0 Å². The Bertz CT molecular complexity index is 930. The number of carbonyl (C=O) groups is 1. The van der Waals surface area contributed by atoms with Crippen LogP contribution < -0.4 is 16.0 Å². The van der Waals surface area contributed by atoms with Crippen molar-refractivity contribution in [3.05, 3.63) is 47.8 Å². The summed E-state index contributed by atoms with van der Waals surface area (Å²) < 4.78 is 28.0. The summed E-state index contributed by atoms with van der Waals surface area (Å²) in [5.74, 6) is -1.11. The average molecular weight is 431 g/mol. The zero-order valence-corrected chi connectivity index (χ0v) is 18.9. The van der Waals surface area contributed by atoms with E-state index in [1.807, 2.05) is 11.8 Å². The molecule has 1 fully saturated rings. The fraction of sp³-hybridized carbons (Fsp3) is 0.500. The highest BCUT2D eigenvalue weighted by Gasteiger charge is 2.34. The van der Waals surface area contributed by atoms with E-state index in [2.05, 4.69) is 38.0 Å². The first-order chi connectivity index (χ1) is 14.5. The monoisotopic (exact) mass is 430 g/mol. The predicted octanol–water partition coefficient (Wildman–Crippen LogP) is 4.36. The van der Waals surface area contributed by atoms with Gasteiger partial charge in [0, 0.05) is 48.7 Å². The number of rotatable bonds is 6. The van der Waals surface area contributed by atoms with E-state index in [-0.39, 0.29) is 23.8 Å². The summed E-state index contributed by atoms with van der Waals surface area (Å²) in [6, 6.07) is 3.33. The third-order valence-electron chi connectivity index (χ3n) is 5.89. The maximum Gasteiger partial charge on any atom is 0.255 e. The molecule has 0 spiro atoms. The normalized spacial score (nSPS) is 19.0. The van der Waals surface area contributed by atoms with Crippen molar-refractivity contribution >= 4 is 11.6 Å². The van der Waals surface area contributed by atoms with Crippen LogP contribution in [0.2, 0.25) is 0 Å². The summed E-state index contributed by atoms with van der Waals surface area (Å²) in [4.78, 5) is 19.6. The molecule has 5 nitrogen and oxygen atoms in total. The molecular formula is C24H32F2N4O. The molecule has 2 aromatic rings. The Balaban J connectivity index is 2.12. The third-order valence-corrected chi connectivity index (χ3v) is 5.89. The predicted molar refractivity (Wildman–Crippen MR) is 120 cm³/mol. The Labute approximate surface area is 183 Å². The molecule has 1 saturated heterocycles. The van der Waals surface area contributed by atoms with Crippen molar-refractivity contribution in [3.63, 3.8) is 0 Å². The molecule has 0 unspecified atom stereocenters. The van der Waals surface area contributed by atoms with Gasteiger partial charge in [0.2, 0.25) is 0 Å². The van der Waals surface area contributed by atoms with Crippen LogP contribution in [0.25, 0.3) is 11.1 Å². The van der Waals surface area contributed by atoms with Crippen LogP contribution >= 0.6 is 0 Å². The third kappa shape index (κ3) is 5.21. The van der Waals surface area contributed by atoms with E-state index in [9.17, 15) is 13.6 Å². The number of aromatic nitrogens is 1. The van der Waals surface area contributed by atoms with Crippen molar-refractivity contribution < 1.29 is 13.6 Å². The van der Waals surface area contributed by atoms with Gasteiger partial charge in [-0.1, -0.05) is 27.7 Å². The fourth-order valence-electron chi connectivity index (χ4n) is 4.39. The quantitative estimate of drug-likeness (QED) is 0.714. The van der Waals surface area contributed by atoms with Crippen LogP contribution in [0.5, 0.6) is 0 Å². The average Bonchev–Trinajstić information content (AvgIpc) is 3.03. The Morgan fingerprint density at radius 2 is 1.74 bits per heavy atom. The van der Waals surface area contributed by atoms with Crippen LogP contribution in [0, 0.1) is 23.5 Å². The zero-order chi connectivity index (χ0) is 22.9. The van der Waals surface area contributed by atoms with Gasteiger partial charge in [0.1, 0.15) is 11.6 Å². The summed E-state index contributed by atoms with van der Waals surface area (Å²) in [5.41, 5.74) is 7.77. The molecule has 1 aromatic heterocycles. The number of hydrogen-bond acceptors (Lipinski definition) is 4. The first-order valence-corrected chi connectivity index (χ1v) is 10.8. The standard InChI is InChI=1S/C24H32F2N4O/c1-14(2)21(15(3)4)29-23(31)20-12-28-11-19(16-8-17(25)10-18(26)9-16)22(20)30-7-6-24(5,27)13-30/h8-12,14-15,21H,6-7,13,27H2,1-5H3,(H,29,31)/t24-/m0/s1. The molecule has 168 valence electrons. The van der Waals surface area contributed by atoms with E-state index in [4.69, 9.17) is 5.73 Å². The summed E-state index contributed by atoms with van der Waals surface area (Å²) in [6.07, 6.45) is 3.82. The summed E-state index contributed by atoms with van der Waals surface area (Å²) in [5, 5.41) is 3.13. The Hall–Kier alpha value is -2.54. The molecular weight excluding hydrogens is 398 g/mol. The number of anilines is 1. The summed E-state index contributed by atoms with van der Waals surface area (Å²) in [6.45, 7) is 11.4. The molecule has 0 saturated carbocycles. The van der Waals surface area contributed by atoms with Gasteiger partial charge in [-0.05, 0) is 42.9 Å². The fourth-order valence-corrected chi connectivity index (χ4v) is 4.39. The van der Waals surface area contributed by atoms with E-state index in [1.165, 1.54) is 18.3 Å². The zero-order valence-electron chi connectivity index (χ0n) is 18.9. The van der Waals surface area contributed by atoms with Gasteiger partial charge in [-0.15, -0.1) is 0 Å². The number of nitrogens with zero attached hydrogens (tertiary/aromatic N) is 2. The summed E-state index contributed by atoms with van der Waals surface area (Å²) in [7, 11) is 0. The molecule has 1 aromatic carbocycles. The van der Waals surface area contributed by atoms with Crippen molar-refractivity contribution in [2.75, 3.05) is 18.0 Å². The minimum atomic E-state index is -0.680. The number of nitrogens with two attached hydrogens (primary N) is 1. The SMILES string of the molecule is CC(C)C(NC(=O)c1cncc(-c2cc(F)cc(F)c2)c1N1CC[C@](C)(N)C1)C(C)C. The van der Waals surface area contributed by atoms with Gasteiger partial charge >= 0.3 is 0 Å². The summed E-state index contributed by atoms with van der Waals surface area (Å²) >= 11 is 0. The lowest BCUT2D eigenvalue weighted by Gasteiger charge is -2.29. The van der Waals surface area contributed by atoms with Crippen molar-refractivity contribution in [3.8, 4) is 11.1 Å². The first-order valence-electron chi connectivity index (χ1n) is 10.8. The van der Waals surface area contributed by atoms with Gasteiger partial charge in [-0.25, -0.2) is 8.78 Å². The van der Waals surface area contributed by atoms with Gasteiger partial charge in [0.25, 0.3) is 5.91 Å². The van der Waals surface area contributed by atoms with Crippen molar-refractivity contribution in [2.45, 2.75) is 52.6 Å². The van der Waals surface area contributed by atoms with E-state index < -0.39 is 17.2 Å². The molecule has 31 heavy (non-hydrogen) atoms. The lowest BCUT2D eigenvalue weighted by atomic mass is 9.92. The highest BCUT2D eigenvalue weighted by atomic mass is 19.1. The molecule has 0 bridgehead atoms. The smallest absolute Gasteiger partial charge is 0.255 e. The van der Waals surface area contributed by atoms with Crippen LogP contribution in [0.15, 0.2) is 30.6 Å². The molecule has 0 aliphatic carbocycles. The van der Waals surface area contributed by atoms with E-state index in [1.54, 1.807) is 6.20 Å². The second-order valence-electron chi connectivity index (χ2n) is 9.55. The van der Waals surface area contributed by atoms with Gasteiger partial charge in [-0.3, -0.25) is 9.78 Å². The topological polar surface area (TPSA) is 71.2 Å². The molecule has 3 rings (SSSR count). The van der Waals surface area contributed by atoms with E-state index in [0.717, 1.165) is 12.5 Å². The first kappa shape index (κ1) is 23.1. The molecule has 1 aliphatic rings. The Kier molecular flexibility index (Phi) is 6.65. The van der Waals surface area contributed by atoms with Gasteiger partial charge < -0.3 is 16.0 Å². The van der Waals surface area contributed by atoms with Crippen molar-refractivity contribution in [2.24, 2.45) is 17.6 Å². The molecule has 3 N–H and O–H groups in total. The molecule has 2 heterocycles. The number of hydrogen-bond donors (Lipinski definition) is 2. The van der Waals surface area contributed by atoms with Crippen LogP contribution in [-0.2, 0) is 0 Å². The number of halogens is 2. The maximum absolute atomic E-state index is 14.0. The molecule has 7 heteroatoms. The van der Waals surface area contributed by atoms with E-state index in [0.29, 0.717) is 35.5 Å². The largest absolute Gasteiger partial charge is 0.368 e. The molecule has 1 atom stereocenters. The number of pyridine rings is 1. The minimum absolute atomic E-state index is 0.0195. The highest BCUT2D eigenvalue weighted by Crippen LogP contribution is 2.37. The van der Waals surface area contributed by atoms with Gasteiger partial charge in [-0.2, -0.15) is 0 Å². The van der Waals surface area contributed by atoms with Gasteiger partial charge in [0.05, 0.1) is 11.3 Å². The lowest BCUT2D eigenvalue weighted by Crippen LogP contribution is -2.43. The second kappa shape index (κ2) is 8.91. The Morgan fingerprint density at radius 3 is 2.26 bits per heavy atom. The number of nitrogens with one attached hydrogen (secondary N) is 1. The lowest BCUT2D eigenvalue weighted by molar-refractivity contribution is 0.0910.